The summed E-state index contributed by atoms with van der Waals surface area (Å²) in [6.45, 7) is 0. The fraction of sp³-hybridized carbons (Fsp3) is 0. The number of carbonyl (C=O) groups excluding carboxylic acids is 1. The molecular weight excluding hydrogens is 414 g/mol. The van der Waals surface area contributed by atoms with Gasteiger partial charge < -0.3 is 4.42 Å². The second-order valence-electron chi connectivity index (χ2n) is 6.30. The van der Waals surface area contributed by atoms with Gasteiger partial charge in [0.25, 0.3) is 0 Å². The Bertz CT molecular complexity index is 1180. The van der Waals surface area contributed by atoms with Crippen LogP contribution in [-0.4, -0.2) is 5.78 Å². The van der Waals surface area contributed by atoms with E-state index in [1.807, 2.05) is 78.9 Å². The molecule has 0 saturated carbocycles. The van der Waals surface area contributed by atoms with Crippen molar-refractivity contribution in [3.8, 4) is 22.5 Å². The smallest absolute Gasteiger partial charge is 0.223 e. The standard InChI is InChI=1S/C24H16BrNO2/c25-19-13-11-16(12-14-19)20-15-21(17-7-3-1-4-8-17)28-24(26)22(20)23(27)18-9-5-2-6-10-18/h1-15,26H. The molecule has 4 heteroatoms. The zero-order valence-corrected chi connectivity index (χ0v) is 16.4. The fourth-order valence-electron chi connectivity index (χ4n) is 3.08. The van der Waals surface area contributed by atoms with Gasteiger partial charge in [0.15, 0.2) is 5.78 Å². The lowest BCUT2D eigenvalue weighted by molar-refractivity contribution is 0.103. The van der Waals surface area contributed by atoms with Crippen LogP contribution in [-0.2, 0) is 0 Å². The van der Waals surface area contributed by atoms with Gasteiger partial charge in [-0.3, -0.25) is 10.2 Å². The Hall–Kier alpha value is -3.24. The second kappa shape index (κ2) is 7.79. The van der Waals surface area contributed by atoms with Crippen LogP contribution >= 0.6 is 15.9 Å². The van der Waals surface area contributed by atoms with Crippen molar-refractivity contribution in [1.29, 1.82) is 5.41 Å². The van der Waals surface area contributed by atoms with Crippen molar-refractivity contribution in [2.24, 2.45) is 0 Å². The molecule has 28 heavy (non-hydrogen) atoms. The van der Waals surface area contributed by atoms with Crippen molar-refractivity contribution in [3.05, 3.63) is 112 Å². The fourth-order valence-corrected chi connectivity index (χ4v) is 3.34. The lowest BCUT2D eigenvalue weighted by Gasteiger charge is -2.12. The van der Waals surface area contributed by atoms with Crippen LogP contribution in [0.5, 0.6) is 0 Å². The van der Waals surface area contributed by atoms with Gasteiger partial charge in [0.05, 0.1) is 5.56 Å². The quantitative estimate of drug-likeness (QED) is 0.399. The first-order valence-electron chi connectivity index (χ1n) is 8.77. The summed E-state index contributed by atoms with van der Waals surface area (Å²) in [5.74, 6) is 0.319. The SMILES string of the molecule is N=c1oc(-c2ccccc2)cc(-c2ccc(Br)cc2)c1C(=O)c1ccccc1. The van der Waals surface area contributed by atoms with Gasteiger partial charge in [-0.1, -0.05) is 88.7 Å². The average molecular weight is 430 g/mol. The number of benzene rings is 3. The molecule has 0 radical (unpaired) electrons. The molecule has 0 aliphatic carbocycles. The molecule has 3 nitrogen and oxygen atoms in total. The molecule has 0 aliphatic rings. The predicted octanol–water partition coefficient (Wildman–Crippen LogP) is 6.09. The van der Waals surface area contributed by atoms with E-state index in [1.54, 1.807) is 12.1 Å². The Balaban J connectivity index is 1.96. The Labute approximate surface area is 170 Å². The minimum absolute atomic E-state index is 0.145. The molecule has 0 aliphatic heterocycles. The first kappa shape index (κ1) is 18.1. The maximum Gasteiger partial charge on any atom is 0.223 e. The van der Waals surface area contributed by atoms with E-state index in [4.69, 9.17) is 9.83 Å². The minimum atomic E-state index is -0.230. The molecule has 1 aromatic heterocycles. The zero-order valence-electron chi connectivity index (χ0n) is 14.9. The number of rotatable bonds is 4. The maximum atomic E-state index is 13.2. The largest absolute Gasteiger partial charge is 0.438 e. The van der Waals surface area contributed by atoms with Crippen LogP contribution in [0.2, 0.25) is 0 Å². The molecule has 0 atom stereocenters. The van der Waals surface area contributed by atoms with E-state index in [0.29, 0.717) is 16.9 Å². The number of hydrogen-bond acceptors (Lipinski definition) is 3. The molecule has 1 heterocycles. The topological polar surface area (TPSA) is 54.1 Å². The molecule has 0 bridgehead atoms. The molecule has 1 N–H and O–H groups in total. The molecular formula is C24H16BrNO2. The van der Waals surface area contributed by atoms with Crippen molar-refractivity contribution in [2.75, 3.05) is 0 Å². The molecule has 0 unspecified atom stereocenters. The van der Waals surface area contributed by atoms with E-state index in [-0.39, 0.29) is 16.9 Å². The summed E-state index contributed by atoms with van der Waals surface area (Å²) in [6.07, 6.45) is 0. The zero-order chi connectivity index (χ0) is 19.5. The van der Waals surface area contributed by atoms with Gasteiger partial charge in [0.1, 0.15) is 5.76 Å². The highest BCUT2D eigenvalue weighted by Gasteiger charge is 2.20. The summed E-state index contributed by atoms with van der Waals surface area (Å²) < 4.78 is 6.71. The Morgan fingerprint density at radius 3 is 2.04 bits per heavy atom. The van der Waals surface area contributed by atoms with Crippen LogP contribution in [0, 0.1) is 5.41 Å². The highest BCUT2D eigenvalue weighted by Crippen LogP contribution is 2.29. The summed E-state index contributed by atoms with van der Waals surface area (Å²) in [6, 6.07) is 28.1. The van der Waals surface area contributed by atoms with Crippen molar-refractivity contribution in [1.82, 2.24) is 0 Å². The van der Waals surface area contributed by atoms with Crippen molar-refractivity contribution in [2.45, 2.75) is 0 Å². The first-order chi connectivity index (χ1) is 13.6. The van der Waals surface area contributed by atoms with Crippen molar-refractivity contribution in [3.63, 3.8) is 0 Å². The molecule has 136 valence electrons. The average Bonchev–Trinajstić information content (AvgIpc) is 2.74. The lowest BCUT2D eigenvalue weighted by atomic mass is 9.94. The number of nitrogens with one attached hydrogen (secondary N) is 1. The molecule has 4 aromatic rings. The van der Waals surface area contributed by atoms with Gasteiger partial charge in [-0.25, -0.2) is 0 Å². The van der Waals surface area contributed by atoms with Crippen LogP contribution in [0.4, 0.5) is 0 Å². The van der Waals surface area contributed by atoms with Crippen LogP contribution in [0.1, 0.15) is 15.9 Å². The van der Waals surface area contributed by atoms with E-state index < -0.39 is 0 Å². The maximum absolute atomic E-state index is 13.2. The van der Waals surface area contributed by atoms with E-state index >= 15 is 0 Å². The van der Waals surface area contributed by atoms with Gasteiger partial charge in [0, 0.05) is 21.2 Å². The van der Waals surface area contributed by atoms with Crippen LogP contribution in [0.3, 0.4) is 0 Å². The highest BCUT2D eigenvalue weighted by molar-refractivity contribution is 9.10. The summed E-state index contributed by atoms with van der Waals surface area (Å²) in [7, 11) is 0. The van der Waals surface area contributed by atoms with E-state index in [9.17, 15) is 4.79 Å². The summed E-state index contributed by atoms with van der Waals surface area (Å²) in [5.41, 5.74) is 3.02. The van der Waals surface area contributed by atoms with Gasteiger partial charge >= 0.3 is 0 Å². The second-order valence-corrected chi connectivity index (χ2v) is 7.21. The summed E-state index contributed by atoms with van der Waals surface area (Å²) in [5, 5.41) is 8.48. The number of ketones is 1. The third-order valence-electron chi connectivity index (χ3n) is 4.46. The van der Waals surface area contributed by atoms with Gasteiger partial charge in [0.2, 0.25) is 5.55 Å². The molecule has 0 fully saturated rings. The van der Waals surface area contributed by atoms with Gasteiger partial charge in [-0.15, -0.1) is 0 Å². The summed E-state index contributed by atoms with van der Waals surface area (Å²) in [4.78, 5) is 13.2. The van der Waals surface area contributed by atoms with E-state index in [2.05, 4.69) is 15.9 Å². The minimum Gasteiger partial charge on any atom is -0.438 e. The van der Waals surface area contributed by atoms with Crippen molar-refractivity contribution < 1.29 is 9.21 Å². The molecule has 3 aromatic carbocycles. The van der Waals surface area contributed by atoms with Crippen LogP contribution < -0.4 is 5.55 Å². The van der Waals surface area contributed by atoms with Gasteiger partial charge in [-0.2, -0.15) is 0 Å². The van der Waals surface area contributed by atoms with E-state index in [0.717, 1.165) is 15.6 Å². The molecule has 0 saturated heterocycles. The molecule has 0 spiro atoms. The van der Waals surface area contributed by atoms with Crippen molar-refractivity contribution >= 4 is 21.7 Å². The number of hydrogen-bond donors (Lipinski definition) is 1. The Morgan fingerprint density at radius 2 is 1.39 bits per heavy atom. The van der Waals surface area contributed by atoms with Crippen LogP contribution in [0.15, 0.2) is 99.9 Å². The number of carbonyl (C=O) groups is 1. The van der Waals surface area contributed by atoms with Gasteiger partial charge in [-0.05, 0) is 23.8 Å². The molecule has 0 amide bonds. The number of halogens is 1. The van der Waals surface area contributed by atoms with E-state index in [1.165, 1.54) is 0 Å². The molecule has 4 rings (SSSR count). The Morgan fingerprint density at radius 1 is 0.786 bits per heavy atom. The third-order valence-corrected chi connectivity index (χ3v) is 4.99. The predicted molar refractivity (Wildman–Crippen MR) is 113 cm³/mol. The van der Waals surface area contributed by atoms with Crippen LogP contribution in [0.25, 0.3) is 22.5 Å². The normalized spacial score (nSPS) is 10.6. The third kappa shape index (κ3) is 3.59. The Kier molecular flexibility index (Phi) is 5.04. The highest BCUT2D eigenvalue weighted by atomic mass is 79.9. The lowest BCUT2D eigenvalue weighted by Crippen LogP contribution is -2.17. The first-order valence-corrected chi connectivity index (χ1v) is 9.56. The summed E-state index contributed by atoms with van der Waals surface area (Å²) >= 11 is 3.45. The monoisotopic (exact) mass is 429 g/mol.